The number of hydrogen-bond acceptors (Lipinski definition) is 4. The summed E-state index contributed by atoms with van der Waals surface area (Å²) in [6.45, 7) is 3.49. The number of furan rings is 1. The molecule has 3 fully saturated rings. The van der Waals surface area contributed by atoms with Crippen molar-refractivity contribution in [2.24, 2.45) is 11.8 Å². The predicted molar refractivity (Wildman–Crippen MR) is 82.2 cm³/mol. The number of fused-ring (bicyclic) bond motifs is 4. The highest BCUT2D eigenvalue weighted by Crippen LogP contribution is 2.35. The lowest BCUT2D eigenvalue weighted by Crippen LogP contribution is -2.47. The van der Waals surface area contributed by atoms with Crippen LogP contribution in [0.4, 0.5) is 5.69 Å². The number of hydrogen-bond donors (Lipinski definition) is 1. The molecule has 1 aromatic heterocycles. The zero-order valence-electron chi connectivity index (χ0n) is 12.0. The van der Waals surface area contributed by atoms with Crippen molar-refractivity contribution in [3.8, 4) is 0 Å². The van der Waals surface area contributed by atoms with Crippen LogP contribution in [0.2, 0.25) is 0 Å². The van der Waals surface area contributed by atoms with Gasteiger partial charge in [-0.05, 0) is 56.0 Å². The molecule has 3 aliphatic heterocycles. The lowest BCUT2D eigenvalue weighted by molar-refractivity contribution is 0.0433. The molecule has 2 bridgehead atoms. The molecular formula is C17H20N2O2. The molecule has 21 heavy (non-hydrogen) atoms. The Balaban J connectivity index is 1.53. The van der Waals surface area contributed by atoms with E-state index in [1.54, 1.807) is 6.07 Å². The number of rotatable bonds is 3. The van der Waals surface area contributed by atoms with Gasteiger partial charge in [-0.2, -0.15) is 0 Å². The molecule has 0 radical (unpaired) electrons. The Labute approximate surface area is 123 Å². The van der Waals surface area contributed by atoms with Gasteiger partial charge < -0.3 is 15.1 Å². The Morgan fingerprint density at radius 2 is 2.10 bits per heavy atom. The van der Waals surface area contributed by atoms with E-state index < -0.39 is 0 Å². The lowest BCUT2D eigenvalue weighted by Gasteiger charge is -2.44. The van der Waals surface area contributed by atoms with E-state index in [-0.39, 0.29) is 5.78 Å². The van der Waals surface area contributed by atoms with Gasteiger partial charge in [-0.25, -0.2) is 0 Å². The fraction of sp³-hybridized carbons (Fsp3) is 0.471. The van der Waals surface area contributed by atoms with Gasteiger partial charge in [0.25, 0.3) is 0 Å². The topological polar surface area (TPSA) is 59.5 Å². The normalized spacial score (nSPS) is 28.1. The number of anilines is 1. The maximum Gasteiger partial charge on any atom is 0.198 e. The number of ketones is 1. The molecule has 0 aliphatic carbocycles. The van der Waals surface area contributed by atoms with E-state index in [0.717, 1.165) is 17.8 Å². The Morgan fingerprint density at radius 1 is 1.29 bits per heavy atom. The number of nitrogens with two attached hydrogens (primary N) is 1. The summed E-state index contributed by atoms with van der Waals surface area (Å²) in [7, 11) is 0. The second kappa shape index (κ2) is 4.88. The fourth-order valence-electron chi connectivity index (χ4n) is 3.84. The molecule has 3 saturated heterocycles. The molecule has 5 rings (SSSR count). The molecule has 110 valence electrons. The first-order valence-electron chi connectivity index (χ1n) is 7.73. The third kappa shape index (κ3) is 2.33. The zero-order valence-corrected chi connectivity index (χ0v) is 12.0. The molecule has 1 aromatic carbocycles. The molecule has 0 amide bonds. The van der Waals surface area contributed by atoms with Crippen molar-refractivity contribution < 1.29 is 9.21 Å². The molecule has 0 saturated carbocycles. The summed E-state index contributed by atoms with van der Waals surface area (Å²) in [6.07, 6.45) is 3.10. The van der Waals surface area contributed by atoms with Crippen LogP contribution in [-0.2, 0) is 0 Å². The first kappa shape index (κ1) is 12.9. The van der Waals surface area contributed by atoms with Crippen molar-refractivity contribution in [1.29, 1.82) is 0 Å². The Bertz CT molecular complexity index is 683. The SMILES string of the molecule is Nc1ccc2cc(C(=O)C[C@H]3CN4CCC3CC4)oc2c1. The van der Waals surface area contributed by atoms with Gasteiger partial charge in [0.2, 0.25) is 0 Å². The van der Waals surface area contributed by atoms with Gasteiger partial charge in [-0.1, -0.05) is 0 Å². The number of nitrogens with zero attached hydrogens (tertiary/aromatic N) is 1. The molecule has 4 nitrogen and oxygen atoms in total. The smallest absolute Gasteiger partial charge is 0.198 e. The first-order valence-corrected chi connectivity index (χ1v) is 7.73. The summed E-state index contributed by atoms with van der Waals surface area (Å²) in [6, 6.07) is 7.36. The average Bonchev–Trinajstić information content (AvgIpc) is 2.91. The molecule has 2 aromatic rings. The predicted octanol–water partition coefficient (Wildman–Crippen LogP) is 2.93. The summed E-state index contributed by atoms with van der Waals surface area (Å²) in [4.78, 5) is 15.0. The van der Waals surface area contributed by atoms with E-state index in [4.69, 9.17) is 10.2 Å². The number of Topliss-reactive ketones (excluding diaryl/α,β-unsaturated/α-hetero) is 1. The molecule has 1 atom stereocenters. The number of benzene rings is 1. The van der Waals surface area contributed by atoms with E-state index in [9.17, 15) is 4.79 Å². The van der Waals surface area contributed by atoms with Crippen molar-refractivity contribution in [3.63, 3.8) is 0 Å². The quantitative estimate of drug-likeness (QED) is 0.695. The van der Waals surface area contributed by atoms with Crippen molar-refractivity contribution in [2.45, 2.75) is 19.3 Å². The highest BCUT2D eigenvalue weighted by Gasteiger charge is 2.35. The Kier molecular flexibility index (Phi) is 3.00. The summed E-state index contributed by atoms with van der Waals surface area (Å²) in [5.74, 6) is 1.83. The minimum absolute atomic E-state index is 0.128. The third-order valence-corrected chi connectivity index (χ3v) is 5.06. The van der Waals surface area contributed by atoms with Gasteiger partial charge >= 0.3 is 0 Å². The molecule has 3 aliphatic rings. The zero-order chi connectivity index (χ0) is 14.4. The van der Waals surface area contributed by atoms with Crippen LogP contribution in [0.3, 0.4) is 0 Å². The highest BCUT2D eigenvalue weighted by atomic mass is 16.3. The second-order valence-corrected chi connectivity index (χ2v) is 6.43. The number of carbonyl (C=O) groups excluding carboxylic acids is 1. The summed E-state index contributed by atoms with van der Waals surface area (Å²) in [5, 5.41) is 0.946. The van der Waals surface area contributed by atoms with E-state index in [1.807, 2.05) is 18.2 Å². The van der Waals surface area contributed by atoms with Crippen molar-refractivity contribution in [1.82, 2.24) is 4.90 Å². The average molecular weight is 284 g/mol. The third-order valence-electron chi connectivity index (χ3n) is 5.06. The van der Waals surface area contributed by atoms with Crippen molar-refractivity contribution in [2.75, 3.05) is 25.4 Å². The standard InChI is InChI=1S/C17H20N2O2/c18-14-2-1-12-8-17(21-16(12)9-14)15(20)7-13-10-19-5-3-11(13)4-6-19/h1-2,8-9,11,13H,3-7,10,18H2/t13-/m0/s1. The van der Waals surface area contributed by atoms with Crippen LogP contribution in [0.1, 0.15) is 29.8 Å². The molecule has 4 heterocycles. The van der Waals surface area contributed by atoms with E-state index in [0.29, 0.717) is 29.4 Å². The van der Waals surface area contributed by atoms with Gasteiger partial charge in [-0.15, -0.1) is 0 Å². The maximum atomic E-state index is 12.5. The van der Waals surface area contributed by atoms with Gasteiger partial charge in [0.05, 0.1) is 0 Å². The summed E-state index contributed by atoms with van der Waals surface area (Å²) < 4.78 is 5.69. The lowest BCUT2D eigenvalue weighted by atomic mass is 9.76. The summed E-state index contributed by atoms with van der Waals surface area (Å²) >= 11 is 0. The van der Waals surface area contributed by atoms with Crippen LogP contribution in [0.25, 0.3) is 11.0 Å². The van der Waals surface area contributed by atoms with Crippen molar-refractivity contribution >= 4 is 22.4 Å². The van der Waals surface area contributed by atoms with E-state index >= 15 is 0 Å². The monoisotopic (exact) mass is 284 g/mol. The van der Waals surface area contributed by atoms with E-state index in [2.05, 4.69) is 4.90 Å². The van der Waals surface area contributed by atoms with Crippen molar-refractivity contribution in [3.05, 3.63) is 30.0 Å². The molecule has 2 N–H and O–H groups in total. The largest absolute Gasteiger partial charge is 0.453 e. The van der Waals surface area contributed by atoms with Crippen LogP contribution in [-0.4, -0.2) is 30.3 Å². The number of nitrogen functional groups attached to an aromatic ring is 1. The Hall–Kier alpha value is -1.81. The van der Waals surface area contributed by atoms with Gasteiger partial charge in [0.1, 0.15) is 5.58 Å². The van der Waals surface area contributed by atoms with Crippen LogP contribution < -0.4 is 5.73 Å². The van der Waals surface area contributed by atoms with Gasteiger partial charge in [-0.3, -0.25) is 4.79 Å². The number of piperidine rings is 3. The van der Waals surface area contributed by atoms with E-state index in [1.165, 1.54) is 25.9 Å². The van der Waals surface area contributed by atoms with Crippen LogP contribution in [0.5, 0.6) is 0 Å². The molecule has 4 heteroatoms. The van der Waals surface area contributed by atoms with Crippen LogP contribution in [0, 0.1) is 11.8 Å². The van der Waals surface area contributed by atoms with Crippen LogP contribution in [0.15, 0.2) is 28.7 Å². The molecule has 0 unspecified atom stereocenters. The Morgan fingerprint density at radius 3 is 2.81 bits per heavy atom. The van der Waals surface area contributed by atoms with Gasteiger partial charge in [0, 0.05) is 30.1 Å². The fourth-order valence-corrected chi connectivity index (χ4v) is 3.84. The maximum absolute atomic E-state index is 12.5. The van der Waals surface area contributed by atoms with Crippen LogP contribution >= 0.6 is 0 Å². The highest BCUT2D eigenvalue weighted by molar-refractivity contribution is 5.98. The molecule has 0 spiro atoms. The summed E-state index contributed by atoms with van der Waals surface area (Å²) in [5.41, 5.74) is 7.11. The molecular weight excluding hydrogens is 264 g/mol. The van der Waals surface area contributed by atoms with Gasteiger partial charge in [0.15, 0.2) is 11.5 Å². The minimum Gasteiger partial charge on any atom is -0.453 e. The second-order valence-electron chi connectivity index (χ2n) is 6.43. The number of carbonyl (C=O) groups is 1. The minimum atomic E-state index is 0.128. The first-order chi connectivity index (χ1) is 10.2.